The van der Waals surface area contributed by atoms with Crippen LogP contribution in [0.5, 0.6) is 0 Å². The third kappa shape index (κ3) is 1.30. The number of nitriles is 1. The molecule has 1 saturated carbocycles. The van der Waals surface area contributed by atoms with Crippen LogP contribution >= 0.6 is 0 Å². The van der Waals surface area contributed by atoms with Crippen molar-refractivity contribution in [3.05, 3.63) is 11.6 Å². The lowest BCUT2D eigenvalue weighted by Gasteiger charge is -1.96. The first kappa shape index (κ1) is 8.33. The van der Waals surface area contributed by atoms with Crippen molar-refractivity contribution < 1.29 is 0 Å². The summed E-state index contributed by atoms with van der Waals surface area (Å²) in [4.78, 5) is 0. The summed E-state index contributed by atoms with van der Waals surface area (Å²) < 4.78 is 0. The van der Waals surface area contributed by atoms with E-state index in [0.29, 0.717) is 11.3 Å². The van der Waals surface area contributed by atoms with Gasteiger partial charge in [-0.25, -0.2) is 0 Å². The van der Waals surface area contributed by atoms with Gasteiger partial charge in [-0.1, -0.05) is 26.8 Å². The Morgan fingerprint density at radius 3 is 2.27 bits per heavy atom. The van der Waals surface area contributed by atoms with Crippen LogP contribution in [0.1, 0.15) is 27.7 Å². The number of nitrogens with zero attached hydrogens (tertiary/aromatic N) is 1. The predicted molar refractivity (Wildman–Crippen MR) is 45.8 cm³/mol. The van der Waals surface area contributed by atoms with Gasteiger partial charge in [0.05, 0.1) is 6.07 Å². The summed E-state index contributed by atoms with van der Waals surface area (Å²) in [6, 6.07) is 2.16. The van der Waals surface area contributed by atoms with Gasteiger partial charge in [0.15, 0.2) is 0 Å². The second-order valence-electron chi connectivity index (χ2n) is 4.10. The van der Waals surface area contributed by atoms with E-state index in [1.807, 2.05) is 6.92 Å². The van der Waals surface area contributed by atoms with Crippen molar-refractivity contribution in [2.45, 2.75) is 27.7 Å². The maximum atomic E-state index is 8.55. The molecule has 0 amide bonds. The Morgan fingerprint density at radius 1 is 1.55 bits per heavy atom. The third-order valence-electron chi connectivity index (χ3n) is 3.07. The molecule has 11 heavy (non-hydrogen) atoms. The summed E-state index contributed by atoms with van der Waals surface area (Å²) in [6.45, 7) is 8.62. The molecule has 2 atom stereocenters. The minimum Gasteiger partial charge on any atom is -0.193 e. The van der Waals surface area contributed by atoms with Gasteiger partial charge in [0.25, 0.3) is 0 Å². The quantitative estimate of drug-likeness (QED) is 0.526. The lowest BCUT2D eigenvalue weighted by Crippen LogP contribution is -1.87. The van der Waals surface area contributed by atoms with Gasteiger partial charge in [-0.3, -0.25) is 0 Å². The van der Waals surface area contributed by atoms with Gasteiger partial charge in [0, 0.05) is 5.57 Å². The normalized spacial score (nSPS) is 34.6. The Hall–Kier alpha value is -0.770. The van der Waals surface area contributed by atoms with E-state index in [2.05, 4.69) is 32.9 Å². The van der Waals surface area contributed by atoms with Crippen molar-refractivity contribution in [3.8, 4) is 6.07 Å². The van der Waals surface area contributed by atoms with Crippen molar-refractivity contribution in [1.29, 1.82) is 5.26 Å². The zero-order chi connectivity index (χ0) is 8.65. The first-order valence-electron chi connectivity index (χ1n) is 4.08. The van der Waals surface area contributed by atoms with E-state index in [1.54, 1.807) is 0 Å². The second kappa shape index (κ2) is 2.37. The fourth-order valence-corrected chi connectivity index (χ4v) is 1.61. The molecule has 2 unspecified atom stereocenters. The van der Waals surface area contributed by atoms with Crippen LogP contribution in [-0.2, 0) is 0 Å². The van der Waals surface area contributed by atoms with Crippen molar-refractivity contribution in [2.24, 2.45) is 17.3 Å². The van der Waals surface area contributed by atoms with Gasteiger partial charge in [-0.15, -0.1) is 0 Å². The summed E-state index contributed by atoms with van der Waals surface area (Å²) in [7, 11) is 0. The number of allylic oxidation sites excluding steroid dienone is 2. The highest BCUT2D eigenvalue weighted by Gasteiger charge is 2.52. The molecule has 0 bridgehead atoms. The molecule has 0 saturated heterocycles. The summed E-state index contributed by atoms with van der Waals surface area (Å²) in [5.74, 6) is 1.37. The molecule has 0 aromatic rings. The van der Waals surface area contributed by atoms with E-state index < -0.39 is 0 Å². The molecule has 0 aromatic carbocycles. The first-order chi connectivity index (χ1) is 5.00. The average molecular weight is 149 g/mol. The number of hydrogen-bond acceptors (Lipinski definition) is 1. The van der Waals surface area contributed by atoms with Crippen LogP contribution in [0.25, 0.3) is 0 Å². The Morgan fingerprint density at radius 2 is 2.00 bits per heavy atom. The maximum absolute atomic E-state index is 8.55. The Labute approximate surface area is 68.7 Å². The largest absolute Gasteiger partial charge is 0.193 e. The van der Waals surface area contributed by atoms with Gasteiger partial charge in [-0.05, 0) is 24.2 Å². The first-order valence-corrected chi connectivity index (χ1v) is 4.08. The van der Waals surface area contributed by atoms with Crippen LogP contribution in [0.3, 0.4) is 0 Å². The molecule has 1 aliphatic carbocycles. The molecular formula is C10H15N. The van der Waals surface area contributed by atoms with E-state index in [4.69, 9.17) is 5.26 Å². The highest BCUT2D eigenvalue weighted by atomic mass is 14.6. The standard InChI is InChI=1S/C10H15N/c1-7(6-11)5-9-8(2)10(9,3)4/h5,8-9H,1-4H3. The highest BCUT2D eigenvalue weighted by molar-refractivity contribution is 5.24. The lowest BCUT2D eigenvalue weighted by molar-refractivity contribution is 0.570. The van der Waals surface area contributed by atoms with Gasteiger partial charge < -0.3 is 0 Å². The van der Waals surface area contributed by atoms with Crippen LogP contribution < -0.4 is 0 Å². The molecule has 0 aromatic heterocycles. The van der Waals surface area contributed by atoms with Crippen LogP contribution in [0, 0.1) is 28.6 Å². The summed E-state index contributed by atoms with van der Waals surface area (Å²) in [6.07, 6.45) is 2.10. The smallest absolute Gasteiger partial charge is 0.0940 e. The van der Waals surface area contributed by atoms with Crippen molar-refractivity contribution in [2.75, 3.05) is 0 Å². The van der Waals surface area contributed by atoms with Crippen LogP contribution in [-0.4, -0.2) is 0 Å². The fourth-order valence-electron chi connectivity index (χ4n) is 1.61. The molecule has 0 spiro atoms. The fraction of sp³-hybridized carbons (Fsp3) is 0.700. The highest BCUT2D eigenvalue weighted by Crippen LogP contribution is 2.58. The van der Waals surface area contributed by atoms with Gasteiger partial charge >= 0.3 is 0 Å². The molecule has 0 aliphatic heterocycles. The zero-order valence-electron chi connectivity index (χ0n) is 7.68. The molecule has 0 N–H and O–H groups in total. The summed E-state index contributed by atoms with van der Waals surface area (Å²) in [5.41, 5.74) is 1.28. The Balaban J connectivity index is 2.65. The number of hydrogen-bond donors (Lipinski definition) is 0. The van der Waals surface area contributed by atoms with Crippen LogP contribution in [0.15, 0.2) is 11.6 Å². The molecule has 1 nitrogen and oxygen atoms in total. The molecule has 60 valence electrons. The van der Waals surface area contributed by atoms with Crippen LogP contribution in [0.2, 0.25) is 0 Å². The molecule has 1 heteroatoms. The van der Waals surface area contributed by atoms with E-state index in [9.17, 15) is 0 Å². The summed E-state index contributed by atoms with van der Waals surface area (Å²) >= 11 is 0. The Kier molecular flexibility index (Phi) is 1.80. The van der Waals surface area contributed by atoms with Crippen molar-refractivity contribution >= 4 is 0 Å². The van der Waals surface area contributed by atoms with Gasteiger partial charge in [0.1, 0.15) is 0 Å². The van der Waals surface area contributed by atoms with Crippen molar-refractivity contribution in [1.82, 2.24) is 0 Å². The topological polar surface area (TPSA) is 23.8 Å². The lowest BCUT2D eigenvalue weighted by atomic mass is 10.1. The molecule has 0 heterocycles. The van der Waals surface area contributed by atoms with Gasteiger partial charge in [0.2, 0.25) is 0 Å². The van der Waals surface area contributed by atoms with Crippen LogP contribution in [0.4, 0.5) is 0 Å². The monoisotopic (exact) mass is 149 g/mol. The summed E-state index contributed by atoms with van der Waals surface area (Å²) in [5, 5.41) is 8.55. The van der Waals surface area contributed by atoms with Gasteiger partial charge in [-0.2, -0.15) is 5.26 Å². The van der Waals surface area contributed by atoms with E-state index in [0.717, 1.165) is 11.5 Å². The van der Waals surface area contributed by atoms with E-state index >= 15 is 0 Å². The van der Waals surface area contributed by atoms with Crippen molar-refractivity contribution in [3.63, 3.8) is 0 Å². The Bertz CT molecular complexity index is 230. The molecule has 1 fully saturated rings. The third-order valence-corrected chi connectivity index (χ3v) is 3.07. The number of rotatable bonds is 1. The minimum absolute atomic E-state index is 0.429. The predicted octanol–water partition coefficient (Wildman–Crippen LogP) is 2.75. The molecular weight excluding hydrogens is 134 g/mol. The maximum Gasteiger partial charge on any atom is 0.0940 e. The van der Waals surface area contributed by atoms with E-state index in [1.165, 1.54) is 0 Å². The molecule has 1 aliphatic rings. The average Bonchev–Trinajstić information content (AvgIpc) is 2.39. The van der Waals surface area contributed by atoms with E-state index in [-0.39, 0.29) is 0 Å². The zero-order valence-corrected chi connectivity index (χ0v) is 7.68. The minimum atomic E-state index is 0.429. The SMILES string of the molecule is CC(C#N)=CC1C(C)C1(C)C. The second-order valence-corrected chi connectivity index (χ2v) is 4.10. The molecule has 0 radical (unpaired) electrons. The molecule has 1 rings (SSSR count).